The first-order chi connectivity index (χ1) is 7.72. The first kappa shape index (κ1) is 11.6. The fourth-order valence-corrected chi connectivity index (χ4v) is 3.10. The Hall–Kier alpha value is -0.840. The molecular formula is C11H20N4S. The SMILES string of the molecule is CCn1nc(C)c(N)c1NC1CCCSC1. The molecule has 0 bridgehead atoms. The van der Waals surface area contributed by atoms with Crippen LogP contribution < -0.4 is 11.1 Å². The highest BCUT2D eigenvalue weighted by molar-refractivity contribution is 7.99. The normalized spacial score (nSPS) is 21.0. The summed E-state index contributed by atoms with van der Waals surface area (Å²) in [6.45, 7) is 4.91. The second kappa shape index (κ2) is 4.99. The lowest BCUT2D eigenvalue weighted by Gasteiger charge is -2.24. The maximum Gasteiger partial charge on any atom is 0.148 e. The molecule has 2 rings (SSSR count). The molecule has 1 saturated heterocycles. The van der Waals surface area contributed by atoms with Crippen molar-refractivity contribution < 1.29 is 0 Å². The molecule has 3 N–H and O–H groups in total. The van der Waals surface area contributed by atoms with Gasteiger partial charge in [0.15, 0.2) is 0 Å². The molecule has 1 atom stereocenters. The van der Waals surface area contributed by atoms with E-state index in [9.17, 15) is 0 Å². The number of nitrogens with one attached hydrogen (secondary N) is 1. The van der Waals surface area contributed by atoms with Crippen LogP contribution in [0, 0.1) is 6.92 Å². The van der Waals surface area contributed by atoms with E-state index in [4.69, 9.17) is 5.73 Å². The van der Waals surface area contributed by atoms with Crippen LogP contribution in [0.5, 0.6) is 0 Å². The molecule has 4 nitrogen and oxygen atoms in total. The average Bonchev–Trinajstić information content (AvgIpc) is 2.58. The summed E-state index contributed by atoms with van der Waals surface area (Å²) in [5, 5.41) is 7.96. The second-order valence-corrected chi connectivity index (χ2v) is 5.37. The summed E-state index contributed by atoms with van der Waals surface area (Å²) in [4.78, 5) is 0. The molecule has 0 spiro atoms. The van der Waals surface area contributed by atoms with Gasteiger partial charge in [0, 0.05) is 18.3 Å². The van der Waals surface area contributed by atoms with Gasteiger partial charge in [0.25, 0.3) is 0 Å². The predicted molar refractivity (Wildman–Crippen MR) is 71.0 cm³/mol. The first-order valence-electron chi connectivity index (χ1n) is 5.89. The van der Waals surface area contributed by atoms with Crippen molar-refractivity contribution in [3.05, 3.63) is 5.69 Å². The van der Waals surface area contributed by atoms with Crippen LogP contribution in [-0.2, 0) is 6.54 Å². The van der Waals surface area contributed by atoms with Gasteiger partial charge in [-0.2, -0.15) is 16.9 Å². The molecule has 16 heavy (non-hydrogen) atoms. The van der Waals surface area contributed by atoms with Gasteiger partial charge in [0.2, 0.25) is 0 Å². The summed E-state index contributed by atoms with van der Waals surface area (Å²) in [6, 6.07) is 0.544. The Bertz CT molecular complexity index is 355. The Labute approximate surface area is 101 Å². The quantitative estimate of drug-likeness (QED) is 0.849. The molecule has 5 heteroatoms. The summed E-state index contributed by atoms with van der Waals surface area (Å²) in [5.41, 5.74) is 7.77. The summed E-state index contributed by atoms with van der Waals surface area (Å²) in [6.07, 6.45) is 2.53. The van der Waals surface area contributed by atoms with Gasteiger partial charge in [-0.3, -0.25) is 0 Å². The molecule has 0 aliphatic carbocycles. The van der Waals surface area contributed by atoms with Crippen molar-refractivity contribution in [2.24, 2.45) is 0 Å². The van der Waals surface area contributed by atoms with E-state index in [1.807, 2.05) is 23.4 Å². The number of nitrogens with zero attached hydrogens (tertiary/aromatic N) is 2. The van der Waals surface area contributed by atoms with Crippen LogP contribution in [0.2, 0.25) is 0 Å². The Morgan fingerprint density at radius 1 is 1.62 bits per heavy atom. The maximum absolute atomic E-state index is 6.04. The van der Waals surface area contributed by atoms with E-state index in [0.717, 1.165) is 23.7 Å². The number of aromatic nitrogens is 2. The minimum absolute atomic E-state index is 0.544. The van der Waals surface area contributed by atoms with E-state index < -0.39 is 0 Å². The number of nitrogen functional groups attached to an aromatic ring is 1. The molecule has 0 aromatic carbocycles. The van der Waals surface area contributed by atoms with Crippen LogP contribution in [-0.4, -0.2) is 27.3 Å². The lowest BCUT2D eigenvalue weighted by molar-refractivity contribution is 0.632. The zero-order valence-corrected chi connectivity index (χ0v) is 10.8. The zero-order chi connectivity index (χ0) is 11.5. The van der Waals surface area contributed by atoms with Crippen molar-refractivity contribution in [3.63, 3.8) is 0 Å². The van der Waals surface area contributed by atoms with Gasteiger partial charge in [-0.05, 0) is 32.4 Å². The van der Waals surface area contributed by atoms with Crippen LogP contribution in [0.4, 0.5) is 11.5 Å². The molecule has 0 saturated carbocycles. The molecule has 1 aliphatic rings. The number of hydrogen-bond donors (Lipinski definition) is 2. The van der Waals surface area contributed by atoms with Crippen LogP contribution in [0.25, 0.3) is 0 Å². The van der Waals surface area contributed by atoms with Gasteiger partial charge < -0.3 is 11.1 Å². The molecule has 1 aromatic rings. The van der Waals surface area contributed by atoms with Crippen LogP contribution in [0.15, 0.2) is 0 Å². The van der Waals surface area contributed by atoms with Gasteiger partial charge in [-0.25, -0.2) is 4.68 Å². The summed E-state index contributed by atoms with van der Waals surface area (Å²) in [7, 11) is 0. The standard InChI is InChI=1S/C11H20N4S/c1-3-15-11(10(12)8(2)14-15)13-9-5-4-6-16-7-9/h9,13H,3-7,12H2,1-2H3. The van der Waals surface area contributed by atoms with Gasteiger partial charge in [0.05, 0.1) is 11.4 Å². The van der Waals surface area contributed by atoms with Gasteiger partial charge in [-0.15, -0.1) is 0 Å². The monoisotopic (exact) mass is 240 g/mol. The smallest absolute Gasteiger partial charge is 0.148 e. The number of aryl methyl sites for hydroxylation is 2. The van der Waals surface area contributed by atoms with Crippen molar-refractivity contribution in [2.75, 3.05) is 22.6 Å². The largest absolute Gasteiger partial charge is 0.394 e. The van der Waals surface area contributed by atoms with Crippen molar-refractivity contribution in [3.8, 4) is 0 Å². The molecule has 0 radical (unpaired) electrons. The molecule has 0 amide bonds. The number of nitrogens with two attached hydrogens (primary N) is 1. The van der Waals surface area contributed by atoms with Gasteiger partial charge >= 0.3 is 0 Å². The second-order valence-electron chi connectivity index (χ2n) is 4.22. The average molecular weight is 240 g/mol. The van der Waals surface area contributed by atoms with Crippen molar-refractivity contribution in [1.82, 2.24) is 9.78 Å². The first-order valence-corrected chi connectivity index (χ1v) is 7.05. The van der Waals surface area contributed by atoms with E-state index >= 15 is 0 Å². The van der Waals surface area contributed by atoms with Crippen molar-refractivity contribution >= 4 is 23.3 Å². The molecule has 1 fully saturated rings. The molecule has 1 unspecified atom stereocenters. The summed E-state index contributed by atoms with van der Waals surface area (Å²) >= 11 is 2.02. The number of hydrogen-bond acceptors (Lipinski definition) is 4. The van der Waals surface area contributed by atoms with Crippen LogP contribution in [0.1, 0.15) is 25.5 Å². The lowest BCUT2D eigenvalue weighted by Crippen LogP contribution is -2.27. The molecule has 1 aliphatic heterocycles. The molecule has 1 aromatic heterocycles. The maximum atomic E-state index is 6.04. The zero-order valence-electron chi connectivity index (χ0n) is 9.99. The topological polar surface area (TPSA) is 55.9 Å². The van der Waals surface area contributed by atoms with Crippen LogP contribution >= 0.6 is 11.8 Å². The minimum atomic E-state index is 0.544. The van der Waals surface area contributed by atoms with Crippen molar-refractivity contribution in [1.29, 1.82) is 0 Å². The van der Waals surface area contributed by atoms with Gasteiger partial charge in [-0.1, -0.05) is 0 Å². The molecule has 90 valence electrons. The van der Waals surface area contributed by atoms with E-state index in [0.29, 0.717) is 6.04 Å². The summed E-state index contributed by atoms with van der Waals surface area (Å²) in [5.74, 6) is 3.47. The fourth-order valence-electron chi connectivity index (χ4n) is 2.02. The number of anilines is 2. The van der Waals surface area contributed by atoms with E-state index in [1.165, 1.54) is 24.3 Å². The number of thioether (sulfide) groups is 1. The highest BCUT2D eigenvalue weighted by Gasteiger charge is 2.18. The van der Waals surface area contributed by atoms with Crippen LogP contribution in [0.3, 0.4) is 0 Å². The van der Waals surface area contributed by atoms with Crippen molar-refractivity contribution in [2.45, 2.75) is 39.3 Å². The molecular weight excluding hydrogens is 220 g/mol. The molecule has 2 heterocycles. The summed E-state index contributed by atoms with van der Waals surface area (Å²) < 4.78 is 1.96. The third-order valence-electron chi connectivity index (χ3n) is 2.97. The minimum Gasteiger partial charge on any atom is -0.394 e. The Kier molecular flexibility index (Phi) is 3.63. The van der Waals surface area contributed by atoms with E-state index in [-0.39, 0.29) is 0 Å². The predicted octanol–water partition coefficient (Wildman–Crippen LogP) is 2.10. The third kappa shape index (κ3) is 2.29. The van der Waals surface area contributed by atoms with E-state index in [1.54, 1.807) is 0 Å². The number of rotatable bonds is 3. The van der Waals surface area contributed by atoms with Gasteiger partial charge in [0.1, 0.15) is 5.82 Å². The fraction of sp³-hybridized carbons (Fsp3) is 0.727. The van der Waals surface area contributed by atoms with E-state index in [2.05, 4.69) is 17.3 Å². The Balaban J connectivity index is 2.12. The highest BCUT2D eigenvalue weighted by atomic mass is 32.2. The Morgan fingerprint density at radius 2 is 2.44 bits per heavy atom. The third-order valence-corrected chi connectivity index (χ3v) is 4.19. The lowest BCUT2D eigenvalue weighted by atomic mass is 10.2. The highest BCUT2D eigenvalue weighted by Crippen LogP contribution is 2.26. The Morgan fingerprint density at radius 3 is 3.06 bits per heavy atom.